The van der Waals surface area contributed by atoms with Crippen molar-refractivity contribution in [2.75, 3.05) is 0 Å². The van der Waals surface area contributed by atoms with Gasteiger partial charge in [-0.15, -0.1) is 0 Å². The zero-order chi connectivity index (χ0) is 9.26. The van der Waals surface area contributed by atoms with Crippen molar-refractivity contribution in [1.29, 1.82) is 0 Å². The highest BCUT2D eigenvalue weighted by atomic mass is 16.1. The Bertz CT molecular complexity index is 312. The van der Waals surface area contributed by atoms with Crippen LogP contribution >= 0.6 is 0 Å². The molecule has 0 aromatic carbocycles. The fourth-order valence-corrected chi connectivity index (χ4v) is 1.61. The SMILES string of the molecule is Cn1ccc(CC(=O)C2CCC2)n1. The van der Waals surface area contributed by atoms with E-state index in [0.29, 0.717) is 18.1 Å². The molecule has 70 valence electrons. The molecule has 0 unspecified atom stereocenters. The number of nitrogens with zero attached hydrogens (tertiary/aromatic N) is 2. The lowest BCUT2D eigenvalue weighted by Crippen LogP contribution is -2.23. The van der Waals surface area contributed by atoms with Crippen molar-refractivity contribution in [1.82, 2.24) is 9.78 Å². The molecule has 0 saturated heterocycles. The fourth-order valence-electron chi connectivity index (χ4n) is 1.61. The van der Waals surface area contributed by atoms with Gasteiger partial charge in [0.05, 0.1) is 12.1 Å². The molecule has 0 radical (unpaired) electrons. The highest BCUT2D eigenvalue weighted by Crippen LogP contribution is 2.27. The van der Waals surface area contributed by atoms with Crippen LogP contribution in [0.2, 0.25) is 0 Å². The lowest BCUT2D eigenvalue weighted by atomic mass is 9.81. The van der Waals surface area contributed by atoms with Crippen LogP contribution in [0.4, 0.5) is 0 Å². The molecule has 1 aromatic rings. The Kier molecular flexibility index (Phi) is 2.17. The lowest BCUT2D eigenvalue weighted by Gasteiger charge is -2.23. The first-order valence-electron chi connectivity index (χ1n) is 4.77. The summed E-state index contributed by atoms with van der Waals surface area (Å²) in [5.74, 6) is 0.701. The molecule has 1 saturated carbocycles. The fraction of sp³-hybridized carbons (Fsp3) is 0.600. The first-order chi connectivity index (χ1) is 6.25. The molecule has 1 aliphatic rings. The monoisotopic (exact) mass is 178 g/mol. The molecular formula is C10H14N2O. The van der Waals surface area contributed by atoms with E-state index in [1.807, 2.05) is 19.3 Å². The summed E-state index contributed by atoms with van der Waals surface area (Å²) in [6.45, 7) is 0. The molecule has 3 heteroatoms. The second-order valence-corrected chi connectivity index (χ2v) is 3.75. The zero-order valence-corrected chi connectivity index (χ0v) is 7.86. The number of hydrogen-bond acceptors (Lipinski definition) is 2. The maximum atomic E-state index is 11.6. The molecule has 1 fully saturated rings. The number of ketones is 1. The average molecular weight is 178 g/mol. The van der Waals surface area contributed by atoms with Crippen molar-refractivity contribution in [3.05, 3.63) is 18.0 Å². The van der Waals surface area contributed by atoms with E-state index < -0.39 is 0 Å². The molecule has 0 bridgehead atoms. The predicted molar refractivity (Wildman–Crippen MR) is 49.3 cm³/mol. The molecule has 1 aliphatic carbocycles. The van der Waals surface area contributed by atoms with Gasteiger partial charge in [-0.25, -0.2) is 0 Å². The maximum Gasteiger partial charge on any atom is 0.141 e. The van der Waals surface area contributed by atoms with Crippen molar-refractivity contribution >= 4 is 5.78 Å². The summed E-state index contributed by atoms with van der Waals surface area (Å²) >= 11 is 0. The number of hydrogen-bond donors (Lipinski definition) is 0. The topological polar surface area (TPSA) is 34.9 Å². The molecule has 1 heterocycles. The van der Waals surface area contributed by atoms with Crippen molar-refractivity contribution < 1.29 is 4.79 Å². The van der Waals surface area contributed by atoms with E-state index in [-0.39, 0.29) is 0 Å². The van der Waals surface area contributed by atoms with Gasteiger partial charge in [0.1, 0.15) is 5.78 Å². The van der Waals surface area contributed by atoms with Crippen LogP contribution in [0.5, 0.6) is 0 Å². The number of rotatable bonds is 3. The minimum absolute atomic E-state index is 0.335. The minimum atomic E-state index is 0.335. The number of aromatic nitrogens is 2. The third kappa shape index (κ3) is 1.79. The van der Waals surface area contributed by atoms with Gasteiger partial charge < -0.3 is 0 Å². The van der Waals surface area contributed by atoms with Crippen LogP contribution in [-0.4, -0.2) is 15.6 Å². The minimum Gasteiger partial charge on any atom is -0.299 e. The Labute approximate surface area is 77.7 Å². The highest BCUT2D eigenvalue weighted by Gasteiger charge is 2.25. The number of Topliss-reactive ketones (excluding diaryl/α,β-unsaturated/α-hetero) is 1. The van der Waals surface area contributed by atoms with E-state index >= 15 is 0 Å². The Morgan fingerprint density at radius 3 is 2.92 bits per heavy atom. The zero-order valence-electron chi connectivity index (χ0n) is 7.86. The smallest absolute Gasteiger partial charge is 0.141 e. The molecule has 0 spiro atoms. The summed E-state index contributed by atoms with van der Waals surface area (Å²) < 4.78 is 1.74. The van der Waals surface area contributed by atoms with Gasteiger partial charge in [-0.1, -0.05) is 6.42 Å². The van der Waals surface area contributed by atoms with E-state index in [0.717, 1.165) is 18.5 Å². The van der Waals surface area contributed by atoms with Gasteiger partial charge in [-0.2, -0.15) is 5.10 Å². The molecule has 3 nitrogen and oxygen atoms in total. The first kappa shape index (κ1) is 8.48. The molecule has 0 amide bonds. The molecule has 0 aliphatic heterocycles. The van der Waals surface area contributed by atoms with Gasteiger partial charge in [-0.05, 0) is 18.9 Å². The van der Waals surface area contributed by atoms with Crippen LogP contribution in [0.15, 0.2) is 12.3 Å². The third-order valence-electron chi connectivity index (χ3n) is 2.68. The van der Waals surface area contributed by atoms with Gasteiger partial charge >= 0.3 is 0 Å². The second kappa shape index (κ2) is 3.32. The Balaban J connectivity index is 1.93. The summed E-state index contributed by atoms with van der Waals surface area (Å²) in [5, 5.41) is 4.19. The van der Waals surface area contributed by atoms with Gasteiger partial charge in [0.15, 0.2) is 0 Å². The summed E-state index contributed by atoms with van der Waals surface area (Å²) in [7, 11) is 1.87. The summed E-state index contributed by atoms with van der Waals surface area (Å²) in [4.78, 5) is 11.6. The largest absolute Gasteiger partial charge is 0.299 e. The standard InChI is InChI=1S/C10H14N2O/c1-12-6-5-9(11-12)7-10(13)8-3-2-4-8/h5-6,8H,2-4,7H2,1H3. The molecule has 1 aromatic heterocycles. The van der Waals surface area contributed by atoms with Gasteiger partial charge in [-0.3, -0.25) is 9.48 Å². The van der Waals surface area contributed by atoms with E-state index in [1.165, 1.54) is 6.42 Å². The van der Waals surface area contributed by atoms with E-state index in [1.54, 1.807) is 4.68 Å². The predicted octanol–water partition coefficient (Wildman–Crippen LogP) is 1.33. The first-order valence-corrected chi connectivity index (χ1v) is 4.77. The molecule has 13 heavy (non-hydrogen) atoms. The van der Waals surface area contributed by atoms with Crippen LogP contribution in [0.3, 0.4) is 0 Å². The highest BCUT2D eigenvalue weighted by molar-refractivity contribution is 5.83. The molecular weight excluding hydrogens is 164 g/mol. The van der Waals surface area contributed by atoms with Crippen LogP contribution in [0.1, 0.15) is 25.0 Å². The maximum absolute atomic E-state index is 11.6. The van der Waals surface area contributed by atoms with Crippen molar-refractivity contribution in [2.45, 2.75) is 25.7 Å². The lowest BCUT2D eigenvalue weighted by molar-refractivity contribution is -0.124. The summed E-state index contributed by atoms with van der Waals surface area (Å²) in [6, 6.07) is 1.91. The van der Waals surface area contributed by atoms with Crippen molar-refractivity contribution in [3.63, 3.8) is 0 Å². The number of carbonyl (C=O) groups is 1. The van der Waals surface area contributed by atoms with Gasteiger partial charge in [0, 0.05) is 19.2 Å². The molecule has 2 rings (SSSR count). The summed E-state index contributed by atoms with van der Waals surface area (Å²) in [5.41, 5.74) is 0.902. The Morgan fingerprint density at radius 1 is 1.69 bits per heavy atom. The van der Waals surface area contributed by atoms with Crippen molar-refractivity contribution in [3.8, 4) is 0 Å². The van der Waals surface area contributed by atoms with Crippen molar-refractivity contribution in [2.24, 2.45) is 13.0 Å². The Hall–Kier alpha value is -1.12. The second-order valence-electron chi connectivity index (χ2n) is 3.75. The van der Waals surface area contributed by atoms with Gasteiger partial charge in [0.2, 0.25) is 0 Å². The molecule has 0 atom stereocenters. The van der Waals surface area contributed by atoms with Crippen LogP contribution < -0.4 is 0 Å². The van der Waals surface area contributed by atoms with E-state index in [9.17, 15) is 4.79 Å². The van der Waals surface area contributed by atoms with Gasteiger partial charge in [0.25, 0.3) is 0 Å². The Morgan fingerprint density at radius 2 is 2.46 bits per heavy atom. The summed E-state index contributed by atoms with van der Waals surface area (Å²) in [6.07, 6.45) is 5.80. The van der Waals surface area contributed by atoms with E-state index in [4.69, 9.17) is 0 Å². The number of aryl methyl sites for hydroxylation is 1. The number of carbonyl (C=O) groups excluding carboxylic acids is 1. The van der Waals surface area contributed by atoms with Crippen LogP contribution in [-0.2, 0) is 18.3 Å². The van der Waals surface area contributed by atoms with Crippen LogP contribution in [0.25, 0.3) is 0 Å². The quantitative estimate of drug-likeness (QED) is 0.700. The normalized spacial score (nSPS) is 17.0. The molecule has 0 N–H and O–H groups in total. The van der Waals surface area contributed by atoms with Crippen LogP contribution in [0, 0.1) is 5.92 Å². The average Bonchev–Trinajstić information content (AvgIpc) is 2.31. The van der Waals surface area contributed by atoms with E-state index in [2.05, 4.69) is 5.10 Å². The third-order valence-corrected chi connectivity index (χ3v) is 2.68.